The molecule has 4 atom stereocenters. The number of ether oxygens (including phenoxy) is 1. The maximum atomic E-state index is 13.2. The Morgan fingerprint density at radius 2 is 1.96 bits per heavy atom. The lowest BCUT2D eigenvalue weighted by Crippen LogP contribution is -2.53. The molecular weight excluding hydrogens is 370 g/mol. The van der Waals surface area contributed by atoms with Crippen LogP contribution in [0.4, 0.5) is 8.78 Å². The van der Waals surface area contributed by atoms with Gasteiger partial charge in [0.15, 0.2) is 6.61 Å². The lowest BCUT2D eigenvalue weighted by Gasteiger charge is -2.52. The summed E-state index contributed by atoms with van der Waals surface area (Å²) in [6.07, 6.45) is 4.76. The minimum Gasteiger partial charge on any atom is -0.458 e. The first kappa shape index (κ1) is 21.5. The van der Waals surface area contributed by atoms with Crippen LogP contribution in [-0.4, -0.2) is 41.5 Å². The summed E-state index contributed by atoms with van der Waals surface area (Å²) in [6, 6.07) is 0. The van der Waals surface area contributed by atoms with E-state index >= 15 is 0 Å². The van der Waals surface area contributed by atoms with Crippen molar-refractivity contribution in [3.63, 3.8) is 0 Å². The lowest BCUT2D eigenvalue weighted by molar-refractivity contribution is -0.165. The van der Waals surface area contributed by atoms with E-state index in [1.54, 1.807) is 0 Å². The summed E-state index contributed by atoms with van der Waals surface area (Å²) in [5.41, 5.74) is -1.05. The molecule has 0 radical (unpaired) electrons. The molecule has 2 rings (SSSR count). The molecule has 0 heterocycles. The van der Waals surface area contributed by atoms with Gasteiger partial charge >= 0.3 is 21.3 Å². The zero-order valence-electron chi connectivity index (χ0n) is 15.2. The predicted octanol–water partition coefficient (Wildman–Crippen LogP) is 3.00. The van der Waals surface area contributed by atoms with Crippen LogP contribution in [0.2, 0.25) is 0 Å². The van der Waals surface area contributed by atoms with E-state index in [9.17, 15) is 27.1 Å². The van der Waals surface area contributed by atoms with Crippen LogP contribution in [-0.2, 0) is 19.6 Å². The molecule has 0 aromatic heterocycles. The van der Waals surface area contributed by atoms with Crippen molar-refractivity contribution < 1.29 is 36.4 Å². The Morgan fingerprint density at radius 3 is 2.54 bits per heavy atom. The number of halogens is 2. The van der Waals surface area contributed by atoms with Crippen LogP contribution in [0, 0.1) is 23.7 Å². The van der Waals surface area contributed by atoms with E-state index in [-0.39, 0.29) is 18.3 Å². The highest BCUT2D eigenvalue weighted by atomic mass is 32.2. The van der Waals surface area contributed by atoms with Gasteiger partial charge in [0.05, 0.1) is 12.0 Å². The van der Waals surface area contributed by atoms with Gasteiger partial charge in [-0.15, -0.1) is 0 Å². The lowest BCUT2D eigenvalue weighted by atomic mass is 9.57. The average molecular weight is 398 g/mol. The van der Waals surface area contributed by atoms with E-state index in [1.807, 2.05) is 13.8 Å². The van der Waals surface area contributed by atoms with Gasteiger partial charge in [-0.3, -0.25) is 9.35 Å². The van der Waals surface area contributed by atoms with Crippen molar-refractivity contribution in [2.45, 2.75) is 69.6 Å². The zero-order chi connectivity index (χ0) is 19.8. The van der Waals surface area contributed by atoms with Gasteiger partial charge in [-0.1, -0.05) is 26.7 Å². The van der Waals surface area contributed by atoms with Gasteiger partial charge in [-0.05, 0) is 49.4 Å². The number of esters is 1. The summed E-state index contributed by atoms with van der Waals surface area (Å²) in [4.78, 5) is 12.0. The molecule has 4 unspecified atom stereocenters. The van der Waals surface area contributed by atoms with Crippen molar-refractivity contribution >= 4 is 16.1 Å². The van der Waals surface area contributed by atoms with Crippen LogP contribution in [0.5, 0.6) is 0 Å². The number of fused-ring (bicyclic) bond motifs is 2. The van der Waals surface area contributed by atoms with E-state index in [1.165, 1.54) is 0 Å². The van der Waals surface area contributed by atoms with Gasteiger partial charge in [-0.2, -0.15) is 17.2 Å². The van der Waals surface area contributed by atoms with Crippen molar-refractivity contribution in [1.82, 2.24) is 0 Å². The number of rotatable bonds is 7. The van der Waals surface area contributed by atoms with E-state index in [4.69, 9.17) is 4.55 Å². The highest BCUT2D eigenvalue weighted by Crippen LogP contribution is 2.52. The van der Waals surface area contributed by atoms with Crippen molar-refractivity contribution in [2.24, 2.45) is 23.7 Å². The van der Waals surface area contributed by atoms with Crippen molar-refractivity contribution in [3.05, 3.63) is 0 Å². The second-order valence-corrected chi connectivity index (χ2v) is 9.78. The summed E-state index contributed by atoms with van der Waals surface area (Å²) in [5.74, 6) is -0.699. The van der Waals surface area contributed by atoms with E-state index in [2.05, 4.69) is 4.74 Å². The molecule has 0 saturated heterocycles. The van der Waals surface area contributed by atoms with Gasteiger partial charge in [0.1, 0.15) is 0 Å². The van der Waals surface area contributed by atoms with Crippen LogP contribution in [0.25, 0.3) is 0 Å². The van der Waals surface area contributed by atoms with Gasteiger partial charge in [0, 0.05) is 0 Å². The van der Waals surface area contributed by atoms with E-state index in [0.29, 0.717) is 18.8 Å². The molecular formula is C17H28F2O6S. The second-order valence-electron chi connectivity index (χ2n) is 8.23. The first-order valence-corrected chi connectivity index (χ1v) is 10.5. The Labute approximate surface area is 153 Å². The molecule has 9 heteroatoms. The van der Waals surface area contributed by atoms with Crippen LogP contribution in [0.1, 0.15) is 58.8 Å². The number of hydrogen-bond donors (Lipinski definition) is 2. The predicted molar refractivity (Wildman–Crippen MR) is 90.0 cm³/mol. The fourth-order valence-electron chi connectivity index (χ4n) is 4.65. The summed E-state index contributed by atoms with van der Waals surface area (Å²) < 4.78 is 60.5. The number of hydrogen-bond acceptors (Lipinski definition) is 5. The Hall–Kier alpha value is -0.800. The molecule has 152 valence electrons. The number of carbonyl (C=O) groups is 1. The second kappa shape index (κ2) is 7.67. The van der Waals surface area contributed by atoms with E-state index in [0.717, 1.165) is 25.7 Å². The third-order valence-corrected chi connectivity index (χ3v) is 6.61. The monoisotopic (exact) mass is 398 g/mol. The quantitative estimate of drug-likeness (QED) is 0.505. The summed E-state index contributed by atoms with van der Waals surface area (Å²) >= 11 is 0. The third kappa shape index (κ3) is 4.72. The van der Waals surface area contributed by atoms with Gasteiger partial charge < -0.3 is 9.84 Å². The third-order valence-electron chi connectivity index (χ3n) is 5.74. The molecule has 2 aliphatic rings. The summed E-state index contributed by atoms with van der Waals surface area (Å²) in [5, 5.41) is 6.79. The molecule has 6 nitrogen and oxygen atoms in total. The molecule has 2 bridgehead atoms. The molecule has 26 heavy (non-hydrogen) atoms. The molecule has 0 spiro atoms. The molecule has 0 aromatic carbocycles. The highest BCUT2D eigenvalue weighted by molar-refractivity contribution is 7.86. The first-order valence-electron chi connectivity index (χ1n) is 9.08. The maximum Gasteiger partial charge on any atom is 0.402 e. The molecule has 2 aliphatic carbocycles. The fourth-order valence-corrected chi connectivity index (χ4v) is 4.85. The Bertz CT molecular complexity index is 621. The van der Waals surface area contributed by atoms with Crippen molar-refractivity contribution in [2.75, 3.05) is 6.61 Å². The number of alkyl halides is 2. The van der Waals surface area contributed by atoms with Crippen LogP contribution in [0.15, 0.2) is 0 Å². The minimum absolute atomic E-state index is 0.0782. The SMILES string of the molecule is CC(C)CC1(O)C2CCCC(C2)CC1CC(=O)OCC(F)(F)S(=O)(=O)O. The molecule has 2 saturated carbocycles. The first-order chi connectivity index (χ1) is 11.8. The molecule has 2 fully saturated rings. The summed E-state index contributed by atoms with van der Waals surface area (Å²) in [7, 11) is -5.64. The average Bonchev–Trinajstić information content (AvgIpc) is 2.50. The van der Waals surface area contributed by atoms with E-state index < -0.39 is 39.5 Å². The molecule has 0 aromatic rings. The normalized spacial score (nSPS) is 32.5. The molecule has 0 aliphatic heterocycles. The summed E-state index contributed by atoms with van der Waals surface area (Å²) in [6.45, 7) is 2.23. The molecule has 0 amide bonds. The maximum absolute atomic E-state index is 13.2. The zero-order valence-corrected chi connectivity index (χ0v) is 16.0. The smallest absolute Gasteiger partial charge is 0.402 e. The van der Waals surface area contributed by atoms with Crippen LogP contribution < -0.4 is 0 Å². The highest BCUT2D eigenvalue weighted by Gasteiger charge is 2.51. The van der Waals surface area contributed by atoms with Crippen molar-refractivity contribution in [1.29, 1.82) is 0 Å². The standard InChI is InChI=1S/C17H28F2O6S/c1-11(2)9-16(21)13-5-3-4-12(6-13)7-14(16)8-15(20)25-10-17(18,19)26(22,23)24/h11-14,21H,3-10H2,1-2H3,(H,22,23,24). The Morgan fingerprint density at radius 1 is 1.31 bits per heavy atom. The minimum atomic E-state index is -5.64. The van der Waals surface area contributed by atoms with Gasteiger partial charge in [0.25, 0.3) is 0 Å². The van der Waals surface area contributed by atoms with Gasteiger partial charge in [0.2, 0.25) is 0 Å². The number of carbonyl (C=O) groups excluding carboxylic acids is 1. The number of aliphatic hydroxyl groups is 1. The van der Waals surface area contributed by atoms with Crippen LogP contribution >= 0.6 is 0 Å². The largest absolute Gasteiger partial charge is 0.458 e. The topological polar surface area (TPSA) is 101 Å². The Kier molecular flexibility index (Phi) is 6.35. The Balaban J connectivity index is 2.06. The van der Waals surface area contributed by atoms with Gasteiger partial charge in [-0.25, -0.2) is 0 Å². The fraction of sp³-hybridized carbons (Fsp3) is 0.941. The van der Waals surface area contributed by atoms with Crippen molar-refractivity contribution in [3.8, 4) is 0 Å². The molecule has 2 N–H and O–H groups in total. The van der Waals surface area contributed by atoms with Crippen LogP contribution in [0.3, 0.4) is 0 Å².